The molecule has 20 heavy (non-hydrogen) atoms. The number of fused-ring (bicyclic) bond motifs is 1. The number of hydrogen-bond acceptors (Lipinski definition) is 3. The minimum absolute atomic E-state index is 0.406. The molecular formula is C16H13ClN2O. The second-order valence-corrected chi connectivity index (χ2v) is 4.79. The van der Waals surface area contributed by atoms with Crippen LogP contribution in [0.3, 0.4) is 0 Å². The number of aromatic nitrogens is 1. The summed E-state index contributed by atoms with van der Waals surface area (Å²) in [6, 6.07) is 13.4. The van der Waals surface area contributed by atoms with Gasteiger partial charge in [-0.3, -0.25) is 4.98 Å². The maximum Gasteiger partial charge on any atom is 0.150 e. The van der Waals surface area contributed by atoms with Gasteiger partial charge in [-0.05, 0) is 18.2 Å². The lowest BCUT2D eigenvalue weighted by Gasteiger charge is -2.12. The number of benzene rings is 2. The average Bonchev–Trinajstić information content (AvgIpc) is 2.51. The summed E-state index contributed by atoms with van der Waals surface area (Å²) in [5.41, 5.74) is 6.63. The summed E-state index contributed by atoms with van der Waals surface area (Å²) in [7, 11) is 0. The SMILES string of the molecule is NCc1ccncc1Oc1ccc(Cl)c2ccccc12. The molecule has 3 rings (SSSR count). The van der Waals surface area contributed by atoms with E-state index < -0.39 is 0 Å². The summed E-state index contributed by atoms with van der Waals surface area (Å²) >= 11 is 6.20. The fraction of sp³-hybridized carbons (Fsp3) is 0.0625. The van der Waals surface area contributed by atoms with Gasteiger partial charge in [0.25, 0.3) is 0 Å². The number of nitrogens with two attached hydrogens (primary N) is 1. The second-order valence-electron chi connectivity index (χ2n) is 4.38. The Morgan fingerprint density at radius 1 is 1.00 bits per heavy atom. The highest BCUT2D eigenvalue weighted by Crippen LogP contribution is 2.34. The van der Waals surface area contributed by atoms with E-state index >= 15 is 0 Å². The van der Waals surface area contributed by atoms with Gasteiger partial charge in [-0.1, -0.05) is 35.9 Å². The van der Waals surface area contributed by atoms with Gasteiger partial charge in [-0.2, -0.15) is 0 Å². The third-order valence-corrected chi connectivity index (χ3v) is 3.47. The van der Waals surface area contributed by atoms with E-state index in [1.165, 1.54) is 0 Å². The van der Waals surface area contributed by atoms with Crippen LogP contribution in [0.2, 0.25) is 5.02 Å². The van der Waals surface area contributed by atoms with Gasteiger partial charge >= 0.3 is 0 Å². The van der Waals surface area contributed by atoms with E-state index in [-0.39, 0.29) is 0 Å². The number of nitrogens with zero attached hydrogens (tertiary/aromatic N) is 1. The molecule has 100 valence electrons. The molecule has 2 aromatic carbocycles. The first kappa shape index (κ1) is 12.9. The van der Waals surface area contributed by atoms with Crippen molar-refractivity contribution in [1.29, 1.82) is 0 Å². The Kier molecular flexibility index (Phi) is 3.54. The molecule has 2 N–H and O–H groups in total. The topological polar surface area (TPSA) is 48.1 Å². The Morgan fingerprint density at radius 3 is 2.60 bits per heavy atom. The smallest absolute Gasteiger partial charge is 0.150 e. The Morgan fingerprint density at radius 2 is 1.80 bits per heavy atom. The molecule has 3 aromatic rings. The first-order chi connectivity index (χ1) is 9.79. The van der Waals surface area contributed by atoms with Crippen LogP contribution in [0.5, 0.6) is 11.5 Å². The van der Waals surface area contributed by atoms with Crippen LogP contribution in [0, 0.1) is 0 Å². The molecule has 1 heterocycles. The van der Waals surface area contributed by atoms with E-state index in [9.17, 15) is 0 Å². The van der Waals surface area contributed by atoms with Crippen LogP contribution < -0.4 is 10.5 Å². The fourth-order valence-electron chi connectivity index (χ4n) is 2.11. The lowest BCUT2D eigenvalue weighted by atomic mass is 10.1. The maximum absolute atomic E-state index is 6.20. The van der Waals surface area contributed by atoms with Gasteiger partial charge < -0.3 is 10.5 Å². The number of rotatable bonds is 3. The molecule has 0 fully saturated rings. The molecular weight excluding hydrogens is 272 g/mol. The molecule has 0 bridgehead atoms. The van der Waals surface area contributed by atoms with E-state index in [2.05, 4.69) is 4.98 Å². The van der Waals surface area contributed by atoms with E-state index in [1.54, 1.807) is 12.4 Å². The number of halogens is 1. The molecule has 0 spiro atoms. The zero-order valence-corrected chi connectivity index (χ0v) is 11.5. The minimum atomic E-state index is 0.406. The van der Waals surface area contributed by atoms with Crippen LogP contribution >= 0.6 is 11.6 Å². The van der Waals surface area contributed by atoms with Gasteiger partial charge in [0.15, 0.2) is 0 Å². The largest absolute Gasteiger partial charge is 0.455 e. The molecule has 0 unspecified atom stereocenters. The van der Waals surface area contributed by atoms with Crippen LogP contribution in [0.25, 0.3) is 10.8 Å². The predicted octanol–water partition coefficient (Wildman–Crippen LogP) is 4.14. The highest BCUT2D eigenvalue weighted by molar-refractivity contribution is 6.35. The third kappa shape index (κ3) is 2.33. The standard InChI is InChI=1S/C16H13ClN2O/c17-14-5-6-15(13-4-2-1-3-12(13)14)20-16-10-19-8-7-11(16)9-18/h1-8,10H,9,18H2. The summed E-state index contributed by atoms with van der Waals surface area (Å²) in [5.74, 6) is 1.41. The van der Waals surface area contributed by atoms with Gasteiger partial charge in [0.2, 0.25) is 0 Å². The summed E-state index contributed by atoms with van der Waals surface area (Å²) in [6.07, 6.45) is 3.38. The molecule has 0 saturated carbocycles. The summed E-state index contributed by atoms with van der Waals surface area (Å²) < 4.78 is 5.97. The molecule has 0 amide bonds. The van der Waals surface area contributed by atoms with Gasteiger partial charge in [-0.25, -0.2) is 0 Å². The summed E-state index contributed by atoms with van der Waals surface area (Å²) in [4.78, 5) is 4.08. The van der Waals surface area contributed by atoms with Crippen molar-refractivity contribution in [2.24, 2.45) is 5.73 Å². The van der Waals surface area contributed by atoms with Gasteiger partial charge in [0, 0.05) is 34.1 Å². The first-order valence-electron chi connectivity index (χ1n) is 6.27. The van der Waals surface area contributed by atoms with Crippen LogP contribution in [0.1, 0.15) is 5.56 Å². The monoisotopic (exact) mass is 284 g/mol. The van der Waals surface area contributed by atoms with Crippen molar-refractivity contribution in [3.63, 3.8) is 0 Å². The highest BCUT2D eigenvalue weighted by atomic mass is 35.5. The van der Waals surface area contributed by atoms with Crippen LogP contribution in [0.4, 0.5) is 0 Å². The minimum Gasteiger partial charge on any atom is -0.455 e. The summed E-state index contributed by atoms with van der Waals surface area (Å²) in [5, 5.41) is 2.63. The van der Waals surface area contributed by atoms with Crippen molar-refractivity contribution in [3.8, 4) is 11.5 Å². The third-order valence-electron chi connectivity index (χ3n) is 3.14. The zero-order chi connectivity index (χ0) is 13.9. The molecule has 1 aromatic heterocycles. The number of pyridine rings is 1. The van der Waals surface area contributed by atoms with E-state index in [1.807, 2.05) is 42.5 Å². The van der Waals surface area contributed by atoms with Gasteiger partial charge in [-0.15, -0.1) is 0 Å². The van der Waals surface area contributed by atoms with E-state index in [0.29, 0.717) is 17.3 Å². The van der Waals surface area contributed by atoms with E-state index in [0.717, 1.165) is 22.1 Å². The first-order valence-corrected chi connectivity index (χ1v) is 6.65. The number of hydrogen-bond donors (Lipinski definition) is 1. The molecule has 0 atom stereocenters. The lowest BCUT2D eigenvalue weighted by Crippen LogP contribution is -2.00. The van der Waals surface area contributed by atoms with E-state index in [4.69, 9.17) is 22.1 Å². The molecule has 0 saturated heterocycles. The molecule has 4 heteroatoms. The number of ether oxygens (including phenoxy) is 1. The van der Waals surface area contributed by atoms with Crippen LogP contribution in [-0.4, -0.2) is 4.98 Å². The van der Waals surface area contributed by atoms with Crippen LogP contribution in [0.15, 0.2) is 54.9 Å². The van der Waals surface area contributed by atoms with Crippen molar-refractivity contribution in [1.82, 2.24) is 4.98 Å². The molecule has 0 aliphatic rings. The fourth-order valence-corrected chi connectivity index (χ4v) is 2.34. The maximum atomic E-state index is 6.20. The predicted molar refractivity (Wildman–Crippen MR) is 81.2 cm³/mol. The molecule has 0 radical (unpaired) electrons. The molecule has 0 aliphatic heterocycles. The van der Waals surface area contributed by atoms with Crippen molar-refractivity contribution >= 4 is 22.4 Å². The Balaban J connectivity index is 2.09. The average molecular weight is 285 g/mol. The van der Waals surface area contributed by atoms with Gasteiger partial charge in [0.05, 0.1) is 6.20 Å². The zero-order valence-electron chi connectivity index (χ0n) is 10.7. The van der Waals surface area contributed by atoms with Crippen LogP contribution in [-0.2, 0) is 6.54 Å². The van der Waals surface area contributed by atoms with Crippen molar-refractivity contribution < 1.29 is 4.74 Å². The normalized spacial score (nSPS) is 10.7. The van der Waals surface area contributed by atoms with Crippen molar-refractivity contribution in [2.45, 2.75) is 6.54 Å². The Bertz CT molecular complexity index is 758. The van der Waals surface area contributed by atoms with Crippen molar-refractivity contribution in [3.05, 3.63) is 65.4 Å². The summed E-state index contributed by atoms with van der Waals surface area (Å²) in [6.45, 7) is 0.406. The Hall–Kier alpha value is -2.10. The molecule has 0 aliphatic carbocycles. The van der Waals surface area contributed by atoms with Crippen molar-refractivity contribution in [2.75, 3.05) is 0 Å². The van der Waals surface area contributed by atoms with Gasteiger partial charge in [0.1, 0.15) is 11.5 Å². The quantitative estimate of drug-likeness (QED) is 0.786. The second kappa shape index (κ2) is 5.49. The lowest BCUT2D eigenvalue weighted by molar-refractivity contribution is 0.479. The highest BCUT2D eigenvalue weighted by Gasteiger charge is 2.08. The Labute approximate surface area is 122 Å². The molecule has 3 nitrogen and oxygen atoms in total.